The van der Waals surface area contributed by atoms with Crippen molar-refractivity contribution < 1.29 is 9.90 Å². The molecule has 2 fully saturated rings. The predicted molar refractivity (Wildman–Crippen MR) is 86.3 cm³/mol. The molecule has 2 N–H and O–H groups in total. The molecule has 1 aliphatic heterocycles. The van der Waals surface area contributed by atoms with Gasteiger partial charge in [-0.05, 0) is 25.7 Å². The van der Waals surface area contributed by atoms with Crippen molar-refractivity contribution in [3.63, 3.8) is 0 Å². The van der Waals surface area contributed by atoms with Gasteiger partial charge in [0.25, 0.3) is 5.56 Å². The van der Waals surface area contributed by atoms with Crippen LogP contribution in [0.1, 0.15) is 32.6 Å². The van der Waals surface area contributed by atoms with Crippen LogP contribution in [0.3, 0.4) is 0 Å². The minimum atomic E-state index is -0.248. The maximum atomic E-state index is 12.6. The van der Waals surface area contributed by atoms with Crippen molar-refractivity contribution in [1.29, 1.82) is 0 Å². The van der Waals surface area contributed by atoms with Gasteiger partial charge in [-0.1, -0.05) is 6.92 Å². The van der Waals surface area contributed by atoms with Crippen LogP contribution in [0.25, 0.3) is 0 Å². The first-order valence-electron chi connectivity index (χ1n) is 8.29. The second kappa shape index (κ2) is 6.31. The Hall–Kier alpha value is -1.89. The largest absolute Gasteiger partial charge is 0.396 e. The van der Waals surface area contributed by atoms with Gasteiger partial charge in [0.15, 0.2) is 5.82 Å². The zero-order valence-corrected chi connectivity index (χ0v) is 13.5. The van der Waals surface area contributed by atoms with Gasteiger partial charge in [-0.2, -0.15) is 0 Å². The van der Waals surface area contributed by atoms with Gasteiger partial charge in [0.05, 0.1) is 0 Å². The van der Waals surface area contributed by atoms with Crippen molar-refractivity contribution in [3.05, 3.63) is 22.7 Å². The smallest absolute Gasteiger partial charge is 0.293 e. The lowest BCUT2D eigenvalue weighted by Crippen LogP contribution is -2.41. The van der Waals surface area contributed by atoms with E-state index in [1.165, 1.54) is 4.57 Å². The van der Waals surface area contributed by atoms with E-state index in [0.29, 0.717) is 18.9 Å². The lowest BCUT2D eigenvalue weighted by Gasteiger charge is -2.18. The van der Waals surface area contributed by atoms with Crippen LogP contribution in [0.2, 0.25) is 0 Å². The summed E-state index contributed by atoms with van der Waals surface area (Å²) in [7, 11) is 0. The minimum absolute atomic E-state index is 0.0212. The maximum Gasteiger partial charge on any atom is 0.293 e. The van der Waals surface area contributed by atoms with E-state index in [0.717, 1.165) is 25.7 Å². The van der Waals surface area contributed by atoms with Crippen molar-refractivity contribution in [1.82, 2.24) is 14.9 Å². The minimum Gasteiger partial charge on any atom is -0.396 e. The first-order chi connectivity index (χ1) is 11.1. The molecule has 7 heteroatoms. The van der Waals surface area contributed by atoms with Gasteiger partial charge in [0.2, 0.25) is 5.91 Å². The Kier molecular flexibility index (Phi) is 4.39. The summed E-state index contributed by atoms with van der Waals surface area (Å²) < 4.78 is 1.41. The van der Waals surface area contributed by atoms with Crippen LogP contribution in [0, 0.1) is 5.92 Å². The molecule has 3 rings (SSSR count). The third-order valence-electron chi connectivity index (χ3n) is 4.99. The summed E-state index contributed by atoms with van der Waals surface area (Å²) in [6.45, 7) is 3.55. The van der Waals surface area contributed by atoms with Crippen LogP contribution in [0.5, 0.6) is 0 Å². The first-order valence-corrected chi connectivity index (χ1v) is 8.29. The van der Waals surface area contributed by atoms with Crippen molar-refractivity contribution in [2.45, 2.75) is 44.7 Å². The summed E-state index contributed by atoms with van der Waals surface area (Å²) in [6.07, 6.45) is 6.92. The molecule has 0 unspecified atom stereocenters. The van der Waals surface area contributed by atoms with Crippen LogP contribution in [-0.2, 0) is 11.3 Å². The lowest BCUT2D eigenvalue weighted by molar-refractivity contribution is -0.122. The van der Waals surface area contributed by atoms with Gasteiger partial charge in [0, 0.05) is 43.5 Å². The van der Waals surface area contributed by atoms with Gasteiger partial charge >= 0.3 is 0 Å². The Morgan fingerprint density at radius 2 is 2.30 bits per heavy atom. The number of nitrogens with zero attached hydrogens (tertiary/aromatic N) is 3. The number of anilines is 1. The van der Waals surface area contributed by atoms with E-state index in [-0.39, 0.29) is 36.1 Å². The Bertz CT molecular complexity index is 638. The fraction of sp³-hybridized carbons (Fsp3) is 0.688. The topological polar surface area (TPSA) is 87.5 Å². The number of rotatable bonds is 6. The molecule has 1 amide bonds. The quantitative estimate of drug-likeness (QED) is 0.777. The highest BCUT2D eigenvalue weighted by Crippen LogP contribution is 2.38. The highest BCUT2D eigenvalue weighted by Gasteiger charge is 2.41. The SMILES string of the molecule is CCC1(NC(=O)Cn2ccnc(N3CC[C@@H](CO)C3)c2=O)CC1. The number of aliphatic hydroxyl groups is 1. The molecule has 23 heavy (non-hydrogen) atoms. The van der Waals surface area contributed by atoms with Crippen LogP contribution >= 0.6 is 0 Å². The summed E-state index contributed by atoms with van der Waals surface area (Å²) in [5, 5.41) is 12.3. The molecule has 0 bridgehead atoms. The molecule has 0 aromatic carbocycles. The first kappa shape index (κ1) is 16.0. The summed E-state index contributed by atoms with van der Waals surface area (Å²) in [5.74, 6) is 0.429. The van der Waals surface area contributed by atoms with Gasteiger partial charge in [-0.3, -0.25) is 9.59 Å². The fourth-order valence-corrected chi connectivity index (χ4v) is 3.16. The Morgan fingerprint density at radius 1 is 1.52 bits per heavy atom. The number of nitrogens with one attached hydrogen (secondary N) is 1. The van der Waals surface area contributed by atoms with E-state index in [1.54, 1.807) is 12.4 Å². The summed E-state index contributed by atoms with van der Waals surface area (Å²) in [4.78, 5) is 30.8. The van der Waals surface area contributed by atoms with Crippen molar-refractivity contribution >= 4 is 11.7 Å². The molecule has 7 nitrogen and oxygen atoms in total. The molecule has 126 valence electrons. The molecule has 1 aromatic rings. The number of aliphatic hydroxyl groups excluding tert-OH is 1. The van der Waals surface area contributed by atoms with Crippen LogP contribution in [-0.4, -0.2) is 45.8 Å². The van der Waals surface area contributed by atoms with Gasteiger partial charge < -0.3 is 19.9 Å². The Balaban J connectivity index is 1.70. The molecule has 1 aliphatic carbocycles. The number of aromatic nitrogens is 2. The molecule has 1 saturated carbocycles. The summed E-state index contributed by atoms with van der Waals surface area (Å²) in [5.41, 5.74) is -0.289. The Morgan fingerprint density at radius 3 is 2.91 bits per heavy atom. The van der Waals surface area contributed by atoms with Crippen molar-refractivity contribution in [3.8, 4) is 0 Å². The zero-order chi connectivity index (χ0) is 16.4. The average molecular weight is 320 g/mol. The van der Waals surface area contributed by atoms with Crippen molar-refractivity contribution in [2.75, 3.05) is 24.6 Å². The monoisotopic (exact) mass is 320 g/mol. The number of hydrogen-bond donors (Lipinski definition) is 2. The number of carbonyl (C=O) groups excluding carboxylic acids is 1. The van der Waals surface area contributed by atoms with E-state index in [1.807, 2.05) is 4.90 Å². The van der Waals surface area contributed by atoms with E-state index < -0.39 is 0 Å². The normalized spacial score (nSPS) is 22.2. The van der Waals surface area contributed by atoms with Gasteiger partial charge in [-0.15, -0.1) is 0 Å². The molecular formula is C16H24N4O3. The molecule has 0 spiro atoms. The second-order valence-electron chi connectivity index (χ2n) is 6.65. The standard InChI is InChI=1S/C16H24N4O3/c1-2-16(4-5-16)18-13(22)10-20-8-6-17-14(15(20)23)19-7-3-12(9-19)11-21/h6,8,12,21H,2-5,7,9-11H2,1H3,(H,18,22)/t12-/m1/s1. The lowest BCUT2D eigenvalue weighted by atomic mass is 10.1. The molecule has 0 radical (unpaired) electrons. The van der Waals surface area contributed by atoms with Crippen molar-refractivity contribution in [2.24, 2.45) is 5.92 Å². The number of amides is 1. The van der Waals surface area contributed by atoms with Crippen LogP contribution in [0.4, 0.5) is 5.82 Å². The van der Waals surface area contributed by atoms with E-state index in [9.17, 15) is 14.7 Å². The second-order valence-corrected chi connectivity index (χ2v) is 6.65. The summed E-state index contributed by atoms with van der Waals surface area (Å²) in [6, 6.07) is 0. The highest BCUT2D eigenvalue weighted by molar-refractivity contribution is 5.77. The van der Waals surface area contributed by atoms with E-state index in [2.05, 4.69) is 17.2 Å². The average Bonchev–Trinajstić information content (AvgIpc) is 3.15. The molecule has 2 aliphatic rings. The highest BCUT2D eigenvalue weighted by atomic mass is 16.3. The number of hydrogen-bond acceptors (Lipinski definition) is 5. The third kappa shape index (κ3) is 3.39. The van der Waals surface area contributed by atoms with E-state index in [4.69, 9.17) is 0 Å². The predicted octanol–water partition coefficient (Wildman–Crippen LogP) is 0.121. The molecular weight excluding hydrogens is 296 g/mol. The molecule has 2 heterocycles. The Labute approximate surface area is 135 Å². The molecule has 1 saturated heterocycles. The molecule has 1 aromatic heterocycles. The third-order valence-corrected chi connectivity index (χ3v) is 4.99. The maximum absolute atomic E-state index is 12.6. The van der Waals surface area contributed by atoms with Gasteiger partial charge in [0.1, 0.15) is 6.54 Å². The zero-order valence-electron chi connectivity index (χ0n) is 13.5. The van der Waals surface area contributed by atoms with E-state index >= 15 is 0 Å². The fourth-order valence-electron chi connectivity index (χ4n) is 3.16. The van der Waals surface area contributed by atoms with Gasteiger partial charge in [-0.25, -0.2) is 4.98 Å². The van der Waals surface area contributed by atoms with Crippen LogP contribution in [0.15, 0.2) is 17.2 Å². The summed E-state index contributed by atoms with van der Waals surface area (Å²) >= 11 is 0. The van der Waals surface area contributed by atoms with Crippen LogP contribution < -0.4 is 15.8 Å². The molecule has 1 atom stereocenters. The number of carbonyl (C=O) groups is 1.